The SMILES string of the molecule is Cc1ccc(-c2nc(CNC(=O)c3cccc(F)c3)no2)cc1. The van der Waals surface area contributed by atoms with Crippen molar-refractivity contribution < 1.29 is 13.7 Å². The second-order valence-corrected chi connectivity index (χ2v) is 5.07. The third-order valence-electron chi connectivity index (χ3n) is 3.26. The maximum atomic E-state index is 13.1. The lowest BCUT2D eigenvalue weighted by atomic mass is 10.1. The van der Waals surface area contributed by atoms with E-state index >= 15 is 0 Å². The molecule has 0 bridgehead atoms. The van der Waals surface area contributed by atoms with Gasteiger partial charge >= 0.3 is 0 Å². The first-order valence-corrected chi connectivity index (χ1v) is 7.05. The molecule has 3 rings (SSSR count). The quantitative estimate of drug-likeness (QED) is 0.804. The third-order valence-corrected chi connectivity index (χ3v) is 3.26. The van der Waals surface area contributed by atoms with Crippen LogP contribution in [0.3, 0.4) is 0 Å². The highest BCUT2D eigenvalue weighted by molar-refractivity contribution is 5.94. The summed E-state index contributed by atoms with van der Waals surface area (Å²) < 4.78 is 18.3. The summed E-state index contributed by atoms with van der Waals surface area (Å²) in [6, 6.07) is 13.1. The summed E-state index contributed by atoms with van der Waals surface area (Å²) in [7, 11) is 0. The zero-order valence-electron chi connectivity index (χ0n) is 12.4. The van der Waals surface area contributed by atoms with Gasteiger partial charge in [0.25, 0.3) is 11.8 Å². The fourth-order valence-electron chi connectivity index (χ4n) is 2.03. The van der Waals surface area contributed by atoms with Crippen LogP contribution in [0.5, 0.6) is 0 Å². The zero-order chi connectivity index (χ0) is 16.2. The van der Waals surface area contributed by atoms with Crippen LogP contribution in [0.25, 0.3) is 11.5 Å². The van der Waals surface area contributed by atoms with Crippen LogP contribution in [0, 0.1) is 12.7 Å². The topological polar surface area (TPSA) is 68.0 Å². The molecule has 0 saturated carbocycles. The van der Waals surface area contributed by atoms with Crippen molar-refractivity contribution in [3.05, 3.63) is 71.3 Å². The van der Waals surface area contributed by atoms with Gasteiger partial charge in [-0.05, 0) is 37.3 Å². The summed E-state index contributed by atoms with van der Waals surface area (Å²) in [6.45, 7) is 2.09. The maximum Gasteiger partial charge on any atom is 0.257 e. The lowest BCUT2D eigenvalue weighted by Crippen LogP contribution is -2.23. The van der Waals surface area contributed by atoms with Gasteiger partial charge in [0.2, 0.25) is 0 Å². The summed E-state index contributed by atoms with van der Waals surface area (Å²) in [5.41, 5.74) is 2.19. The number of aromatic nitrogens is 2. The zero-order valence-corrected chi connectivity index (χ0v) is 12.4. The van der Waals surface area contributed by atoms with Gasteiger partial charge < -0.3 is 9.84 Å². The predicted octanol–water partition coefficient (Wildman–Crippen LogP) is 3.11. The molecule has 6 heteroatoms. The predicted molar refractivity (Wildman–Crippen MR) is 82.0 cm³/mol. The molecule has 1 aromatic heterocycles. The number of nitrogens with one attached hydrogen (secondary N) is 1. The highest BCUT2D eigenvalue weighted by Gasteiger charge is 2.11. The lowest BCUT2D eigenvalue weighted by molar-refractivity contribution is 0.0949. The second kappa shape index (κ2) is 6.39. The van der Waals surface area contributed by atoms with Crippen LogP contribution in [0.1, 0.15) is 21.7 Å². The van der Waals surface area contributed by atoms with Crippen molar-refractivity contribution in [2.24, 2.45) is 0 Å². The van der Waals surface area contributed by atoms with E-state index in [1.807, 2.05) is 31.2 Å². The van der Waals surface area contributed by atoms with E-state index in [-0.39, 0.29) is 12.1 Å². The van der Waals surface area contributed by atoms with Crippen LogP contribution in [-0.4, -0.2) is 16.0 Å². The van der Waals surface area contributed by atoms with Crippen molar-refractivity contribution in [1.29, 1.82) is 0 Å². The Morgan fingerprint density at radius 1 is 1.22 bits per heavy atom. The number of carbonyl (C=O) groups is 1. The summed E-state index contributed by atoms with van der Waals surface area (Å²) in [4.78, 5) is 16.1. The molecule has 3 aromatic rings. The molecular formula is C17H14FN3O2. The molecule has 0 saturated heterocycles. The molecule has 0 aliphatic rings. The number of nitrogens with zero attached hydrogens (tertiary/aromatic N) is 2. The molecule has 0 aliphatic heterocycles. The van der Waals surface area contributed by atoms with E-state index in [2.05, 4.69) is 15.5 Å². The second-order valence-electron chi connectivity index (χ2n) is 5.07. The van der Waals surface area contributed by atoms with Crippen molar-refractivity contribution >= 4 is 5.91 Å². The van der Waals surface area contributed by atoms with Crippen molar-refractivity contribution in [3.8, 4) is 11.5 Å². The third kappa shape index (κ3) is 3.60. The minimum atomic E-state index is -0.459. The molecule has 0 radical (unpaired) electrons. The lowest BCUT2D eigenvalue weighted by Gasteiger charge is -2.02. The van der Waals surface area contributed by atoms with E-state index in [0.717, 1.165) is 11.1 Å². The van der Waals surface area contributed by atoms with E-state index in [4.69, 9.17) is 4.52 Å². The molecule has 0 spiro atoms. The standard InChI is InChI=1S/C17H14FN3O2/c1-11-5-7-12(8-6-11)17-20-15(21-23-17)10-19-16(22)13-3-2-4-14(18)9-13/h2-9H,10H2,1H3,(H,19,22). The molecule has 23 heavy (non-hydrogen) atoms. The number of hydrogen-bond acceptors (Lipinski definition) is 4. The molecule has 2 aromatic carbocycles. The number of rotatable bonds is 4. The first-order valence-electron chi connectivity index (χ1n) is 7.05. The maximum absolute atomic E-state index is 13.1. The van der Waals surface area contributed by atoms with Crippen LogP contribution < -0.4 is 5.32 Å². The van der Waals surface area contributed by atoms with Gasteiger partial charge in [0, 0.05) is 11.1 Å². The van der Waals surface area contributed by atoms with Gasteiger partial charge in [-0.1, -0.05) is 28.9 Å². The molecule has 1 amide bonds. The highest BCUT2D eigenvalue weighted by Crippen LogP contribution is 2.17. The number of amides is 1. The van der Waals surface area contributed by atoms with Crippen LogP contribution in [0.2, 0.25) is 0 Å². The molecule has 0 fully saturated rings. The molecule has 116 valence electrons. The van der Waals surface area contributed by atoms with Crippen LogP contribution >= 0.6 is 0 Å². The van der Waals surface area contributed by atoms with Gasteiger partial charge in [-0.15, -0.1) is 0 Å². The van der Waals surface area contributed by atoms with Gasteiger partial charge in [-0.2, -0.15) is 4.98 Å². The molecule has 0 aliphatic carbocycles. The fourth-order valence-corrected chi connectivity index (χ4v) is 2.03. The molecule has 0 atom stereocenters. The molecule has 1 heterocycles. The Kier molecular flexibility index (Phi) is 4.14. The van der Waals surface area contributed by atoms with Crippen LogP contribution in [0.15, 0.2) is 53.1 Å². The van der Waals surface area contributed by atoms with E-state index in [1.165, 1.54) is 24.3 Å². The van der Waals surface area contributed by atoms with E-state index in [1.54, 1.807) is 0 Å². The van der Waals surface area contributed by atoms with Crippen molar-refractivity contribution in [2.45, 2.75) is 13.5 Å². The summed E-state index contributed by atoms with van der Waals surface area (Å²) >= 11 is 0. The first kappa shape index (κ1) is 14.9. The number of hydrogen-bond donors (Lipinski definition) is 1. The fraction of sp³-hybridized carbons (Fsp3) is 0.118. The molecule has 5 nitrogen and oxygen atoms in total. The highest BCUT2D eigenvalue weighted by atomic mass is 19.1. The molecular weight excluding hydrogens is 297 g/mol. The summed E-state index contributed by atoms with van der Waals surface area (Å²) in [5, 5.41) is 6.45. The normalized spacial score (nSPS) is 10.5. The van der Waals surface area contributed by atoms with E-state index < -0.39 is 11.7 Å². The van der Waals surface area contributed by atoms with E-state index in [0.29, 0.717) is 11.7 Å². The van der Waals surface area contributed by atoms with Crippen LogP contribution in [0.4, 0.5) is 4.39 Å². The molecule has 0 unspecified atom stereocenters. The monoisotopic (exact) mass is 311 g/mol. The molecule has 1 N–H and O–H groups in total. The Morgan fingerprint density at radius 3 is 2.74 bits per heavy atom. The van der Waals surface area contributed by atoms with Gasteiger partial charge in [0.05, 0.1) is 6.54 Å². The summed E-state index contributed by atoms with van der Waals surface area (Å²) in [5.74, 6) is -0.115. The van der Waals surface area contributed by atoms with Crippen molar-refractivity contribution in [2.75, 3.05) is 0 Å². The smallest absolute Gasteiger partial charge is 0.257 e. The summed E-state index contributed by atoms with van der Waals surface area (Å²) in [6.07, 6.45) is 0. The Balaban J connectivity index is 1.65. The van der Waals surface area contributed by atoms with Gasteiger partial charge in [-0.3, -0.25) is 4.79 Å². The Hall–Kier alpha value is -3.02. The average Bonchev–Trinajstić information content (AvgIpc) is 3.02. The van der Waals surface area contributed by atoms with Gasteiger partial charge in [-0.25, -0.2) is 4.39 Å². The average molecular weight is 311 g/mol. The Morgan fingerprint density at radius 2 is 2.00 bits per heavy atom. The van der Waals surface area contributed by atoms with Crippen molar-refractivity contribution in [1.82, 2.24) is 15.5 Å². The minimum absolute atomic E-state index is 0.102. The van der Waals surface area contributed by atoms with Gasteiger partial charge in [0.15, 0.2) is 5.82 Å². The van der Waals surface area contributed by atoms with Crippen LogP contribution in [-0.2, 0) is 6.54 Å². The minimum Gasteiger partial charge on any atom is -0.345 e. The largest absolute Gasteiger partial charge is 0.345 e. The Bertz CT molecular complexity index is 828. The van der Waals surface area contributed by atoms with Crippen molar-refractivity contribution in [3.63, 3.8) is 0 Å². The Labute approximate surface area is 132 Å². The first-order chi connectivity index (χ1) is 11.1. The van der Waals surface area contributed by atoms with Gasteiger partial charge in [0.1, 0.15) is 5.82 Å². The number of benzene rings is 2. The number of halogens is 1. The number of carbonyl (C=O) groups excluding carboxylic acids is 1. The number of aryl methyl sites for hydroxylation is 1. The van der Waals surface area contributed by atoms with E-state index in [9.17, 15) is 9.18 Å².